The third kappa shape index (κ3) is 4.94. The summed E-state index contributed by atoms with van der Waals surface area (Å²) in [5.41, 5.74) is 0. The van der Waals surface area contributed by atoms with Crippen LogP contribution in [0, 0.1) is 11.7 Å². The molecular formula is C14H21BrFNO. The zero-order valence-corrected chi connectivity index (χ0v) is 12.9. The summed E-state index contributed by atoms with van der Waals surface area (Å²) in [5.74, 6) is 0.802. The summed E-state index contributed by atoms with van der Waals surface area (Å²) in [6, 6.07) is 5.16. The van der Waals surface area contributed by atoms with Gasteiger partial charge in [0.25, 0.3) is 0 Å². The minimum atomic E-state index is -0.274. The van der Waals surface area contributed by atoms with Crippen molar-refractivity contribution in [1.82, 2.24) is 5.32 Å². The minimum absolute atomic E-state index is 0.0739. The van der Waals surface area contributed by atoms with Crippen LogP contribution in [0.1, 0.15) is 27.7 Å². The number of rotatable bonds is 6. The molecule has 0 spiro atoms. The second-order valence-corrected chi connectivity index (χ2v) is 5.89. The zero-order valence-electron chi connectivity index (χ0n) is 11.3. The van der Waals surface area contributed by atoms with Crippen LogP contribution in [0.25, 0.3) is 0 Å². The molecule has 0 aromatic heterocycles. The lowest BCUT2D eigenvalue weighted by molar-refractivity contribution is 0.146. The molecule has 0 heterocycles. The van der Waals surface area contributed by atoms with Gasteiger partial charge in [-0.15, -0.1) is 0 Å². The minimum Gasteiger partial charge on any atom is -0.489 e. The van der Waals surface area contributed by atoms with E-state index < -0.39 is 0 Å². The van der Waals surface area contributed by atoms with Crippen molar-refractivity contribution < 1.29 is 9.13 Å². The molecule has 1 unspecified atom stereocenters. The lowest BCUT2D eigenvalue weighted by atomic mass is 10.1. The molecule has 1 rings (SSSR count). The molecule has 0 saturated carbocycles. The summed E-state index contributed by atoms with van der Waals surface area (Å²) in [5, 5.41) is 3.36. The molecule has 0 fully saturated rings. The van der Waals surface area contributed by atoms with E-state index in [1.165, 1.54) is 6.07 Å². The fourth-order valence-electron chi connectivity index (χ4n) is 1.49. The molecule has 0 saturated heterocycles. The SMILES string of the molecule is CC(C)NCC(Oc1ccc(F)c(Br)c1)C(C)C. The number of hydrogen-bond donors (Lipinski definition) is 1. The van der Waals surface area contributed by atoms with E-state index in [4.69, 9.17) is 4.74 Å². The van der Waals surface area contributed by atoms with Crippen molar-refractivity contribution in [1.29, 1.82) is 0 Å². The molecule has 18 heavy (non-hydrogen) atoms. The fraction of sp³-hybridized carbons (Fsp3) is 0.571. The number of hydrogen-bond acceptors (Lipinski definition) is 2. The van der Waals surface area contributed by atoms with Crippen LogP contribution in [-0.2, 0) is 0 Å². The summed E-state index contributed by atoms with van der Waals surface area (Å²) in [4.78, 5) is 0. The highest BCUT2D eigenvalue weighted by Gasteiger charge is 2.16. The second-order valence-electron chi connectivity index (χ2n) is 5.04. The van der Waals surface area contributed by atoms with Gasteiger partial charge in [0.05, 0.1) is 4.47 Å². The summed E-state index contributed by atoms with van der Waals surface area (Å²) < 4.78 is 19.5. The topological polar surface area (TPSA) is 21.3 Å². The standard InChI is InChI=1S/C14H21BrFNO/c1-9(2)14(8-17-10(3)4)18-11-5-6-13(16)12(15)7-11/h5-7,9-10,14,17H,8H2,1-4H3. The number of ether oxygens (including phenoxy) is 1. The highest BCUT2D eigenvalue weighted by molar-refractivity contribution is 9.10. The van der Waals surface area contributed by atoms with E-state index in [9.17, 15) is 4.39 Å². The van der Waals surface area contributed by atoms with Crippen LogP contribution in [-0.4, -0.2) is 18.7 Å². The van der Waals surface area contributed by atoms with E-state index in [-0.39, 0.29) is 11.9 Å². The van der Waals surface area contributed by atoms with Gasteiger partial charge in [-0.3, -0.25) is 0 Å². The van der Waals surface area contributed by atoms with Crippen LogP contribution < -0.4 is 10.1 Å². The van der Waals surface area contributed by atoms with Crippen molar-refractivity contribution in [3.8, 4) is 5.75 Å². The van der Waals surface area contributed by atoms with Gasteiger partial charge >= 0.3 is 0 Å². The summed E-state index contributed by atoms with van der Waals surface area (Å²) in [7, 11) is 0. The summed E-state index contributed by atoms with van der Waals surface area (Å²) in [6.07, 6.45) is 0.0739. The molecule has 2 nitrogen and oxygen atoms in total. The highest BCUT2D eigenvalue weighted by Crippen LogP contribution is 2.23. The van der Waals surface area contributed by atoms with Crippen molar-refractivity contribution in [3.05, 3.63) is 28.5 Å². The van der Waals surface area contributed by atoms with Gasteiger partial charge in [-0.25, -0.2) is 4.39 Å². The van der Waals surface area contributed by atoms with Gasteiger partial charge in [-0.05, 0) is 40.0 Å². The molecule has 4 heteroatoms. The smallest absolute Gasteiger partial charge is 0.137 e. The Balaban J connectivity index is 2.67. The first kappa shape index (κ1) is 15.4. The average Bonchev–Trinajstić information content (AvgIpc) is 2.28. The molecule has 0 aliphatic carbocycles. The van der Waals surface area contributed by atoms with E-state index in [0.717, 1.165) is 6.54 Å². The largest absolute Gasteiger partial charge is 0.489 e. The first-order valence-corrected chi connectivity index (χ1v) is 7.04. The molecule has 1 aromatic carbocycles. The van der Waals surface area contributed by atoms with Crippen LogP contribution in [0.3, 0.4) is 0 Å². The third-order valence-electron chi connectivity index (χ3n) is 2.65. The molecule has 1 atom stereocenters. The Hall–Kier alpha value is -0.610. The van der Waals surface area contributed by atoms with E-state index in [0.29, 0.717) is 22.2 Å². The van der Waals surface area contributed by atoms with Crippen LogP contribution in [0.5, 0.6) is 5.75 Å². The first-order valence-electron chi connectivity index (χ1n) is 6.25. The number of halogens is 2. The molecule has 1 aromatic rings. The van der Waals surface area contributed by atoms with Crippen LogP contribution in [0.2, 0.25) is 0 Å². The second kappa shape index (κ2) is 7.10. The van der Waals surface area contributed by atoms with Crippen molar-refractivity contribution >= 4 is 15.9 Å². The van der Waals surface area contributed by atoms with Gasteiger partial charge in [0.2, 0.25) is 0 Å². The summed E-state index contributed by atoms with van der Waals surface area (Å²) >= 11 is 3.16. The van der Waals surface area contributed by atoms with Crippen molar-refractivity contribution in [3.63, 3.8) is 0 Å². The molecule has 1 N–H and O–H groups in total. The first-order chi connectivity index (χ1) is 8.40. The molecular weight excluding hydrogens is 297 g/mol. The Bertz CT molecular complexity index is 382. The quantitative estimate of drug-likeness (QED) is 0.856. The van der Waals surface area contributed by atoms with E-state index in [1.54, 1.807) is 12.1 Å². The lowest BCUT2D eigenvalue weighted by Gasteiger charge is -2.24. The zero-order chi connectivity index (χ0) is 13.7. The van der Waals surface area contributed by atoms with Gasteiger partial charge in [0.1, 0.15) is 17.7 Å². The predicted octanol–water partition coefficient (Wildman–Crippen LogP) is 3.99. The Morgan fingerprint density at radius 2 is 1.94 bits per heavy atom. The molecule has 0 radical (unpaired) electrons. The molecule has 0 bridgehead atoms. The molecule has 0 amide bonds. The van der Waals surface area contributed by atoms with Gasteiger partial charge in [-0.1, -0.05) is 27.7 Å². The van der Waals surface area contributed by atoms with Gasteiger partial charge in [0.15, 0.2) is 0 Å². The monoisotopic (exact) mass is 317 g/mol. The molecule has 102 valence electrons. The van der Waals surface area contributed by atoms with Gasteiger partial charge < -0.3 is 10.1 Å². The highest BCUT2D eigenvalue weighted by atomic mass is 79.9. The predicted molar refractivity (Wildman–Crippen MR) is 76.5 cm³/mol. The van der Waals surface area contributed by atoms with Crippen LogP contribution in [0.4, 0.5) is 4.39 Å². The Labute approximate surface area is 117 Å². The Morgan fingerprint density at radius 1 is 1.28 bits per heavy atom. The third-order valence-corrected chi connectivity index (χ3v) is 3.26. The van der Waals surface area contributed by atoms with E-state index in [1.807, 2.05) is 0 Å². The Morgan fingerprint density at radius 3 is 2.44 bits per heavy atom. The van der Waals surface area contributed by atoms with Crippen LogP contribution in [0.15, 0.2) is 22.7 Å². The average molecular weight is 318 g/mol. The van der Waals surface area contributed by atoms with Crippen LogP contribution >= 0.6 is 15.9 Å². The van der Waals surface area contributed by atoms with Gasteiger partial charge in [-0.2, -0.15) is 0 Å². The lowest BCUT2D eigenvalue weighted by Crippen LogP contribution is -2.38. The van der Waals surface area contributed by atoms with Crippen molar-refractivity contribution in [2.75, 3.05) is 6.54 Å². The maximum absolute atomic E-state index is 13.1. The van der Waals surface area contributed by atoms with Crippen molar-refractivity contribution in [2.24, 2.45) is 5.92 Å². The molecule has 0 aliphatic heterocycles. The fourth-order valence-corrected chi connectivity index (χ4v) is 1.85. The van der Waals surface area contributed by atoms with E-state index in [2.05, 4.69) is 48.9 Å². The molecule has 0 aliphatic rings. The van der Waals surface area contributed by atoms with E-state index >= 15 is 0 Å². The maximum Gasteiger partial charge on any atom is 0.137 e. The maximum atomic E-state index is 13.1. The summed E-state index contributed by atoms with van der Waals surface area (Å²) in [6.45, 7) is 9.22. The number of benzene rings is 1. The van der Waals surface area contributed by atoms with Crippen molar-refractivity contribution in [2.45, 2.75) is 39.8 Å². The Kier molecular flexibility index (Phi) is 6.09. The number of nitrogens with one attached hydrogen (secondary N) is 1. The van der Waals surface area contributed by atoms with Gasteiger partial charge in [0, 0.05) is 12.6 Å². The normalized spacial score (nSPS) is 13.1.